The molecule has 202 valence electrons. The first-order valence-corrected chi connectivity index (χ1v) is 16.3. The van der Waals surface area contributed by atoms with Crippen LogP contribution in [0.1, 0.15) is 43.2 Å². The van der Waals surface area contributed by atoms with Crippen molar-refractivity contribution >= 4 is 20.7 Å². The number of hydrogen-bond acceptors (Lipinski definition) is 4. The molecule has 5 aromatic rings. The summed E-state index contributed by atoms with van der Waals surface area (Å²) in [6.07, 6.45) is 6.18. The number of aromatic nitrogens is 2. The topological polar surface area (TPSA) is 59.9 Å². The SMILES string of the molecule is O=S1(=O)c2ccccc2C2(c3ccc(-c4nc(-c5ccccc5)c5ccccc5n4)cc31)C1CC3CC(C1)CC2C3. The number of benzene rings is 4. The minimum absolute atomic E-state index is 0.233. The molecule has 0 radical (unpaired) electrons. The van der Waals surface area contributed by atoms with Crippen molar-refractivity contribution in [1.82, 2.24) is 9.97 Å². The van der Waals surface area contributed by atoms with Gasteiger partial charge in [0, 0.05) is 21.9 Å². The molecule has 0 saturated heterocycles. The zero-order valence-corrected chi connectivity index (χ0v) is 23.5. The summed E-state index contributed by atoms with van der Waals surface area (Å²) in [6, 6.07) is 32.1. The summed E-state index contributed by atoms with van der Waals surface area (Å²) in [5, 5.41) is 0.981. The molecule has 4 aliphatic carbocycles. The smallest absolute Gasteiger partial charge is 0.207 e. The van der Waals surface area contributed by atoms with Gasteiger partial charge in [-0.1, -0.05) is 78.9 Å². The Labute approximate surface area is 240 Å². The predicted octanol–water partition coefficient (Wildman–Crippen LogP) is 7.85. The van der Waals surface area contributed by atoms with Gasteiger partial charge in [-0.3, -0.25) is 0 Å². The molecular weight excluding hydrogens is 524 g/mol. The first kappa shape index (κ1) is 23.8. The van der Waals surface area contributed by atoms with E-state index in [1.807, 2.05) is 66.7 Å². The molecule has 1 aromatic heterocycles. The maximum absolute atomic E-state index is 14.4. The highest BCUT2D eigenvalue weighted by atomic mass is 32.2. The van der Waals surface area contributed by atoms with E-state index in [2.05, 4.69) is 30.3 Å². The van der Waals surface area contributed by atoms with E-state index in [9.17, 15) is 8.42 Å². The molecule has 5 aliphatic rings. The van der Waals surface area contributed by atoms with Crippen LogP contribution in [0.4, 0.5) is 0 Å². The van der Waals surface area contributed by atoms with Crippen LogP contribution in [0.5, 0.6) is 0 Å². The number of sulfone groups is 1. The van der Waals surface area contributed by atoms with E-state index in [0.717, 1.165) is 50.7 Å². The fourth-order valence-corrected chi connectivity index (χ4v) is 11.2. The maximum atomic E-state index is 14.4. The van der Waals surface area contributed by atoms with Crippen LogP contribution in [0.25, 0.3) is 33.5 Å². The number of fused-ring (bicyclic) bond motifs is 3. The van der Waals surface area contributed by atoms with Crippen LogP contribution in [0.3, 0.4) is 0 Å². The standard InChI is InChI=1S/C36H30N2O2S/c39-41(40)32-13-7-5-11-29(32)36(26-17-22-16-23(19-26)20-27(36)18-22)30-15-14-25(21-33(30)41)35-37-31-12-6-4-10-28(31)34(38-35)24-8-2-1-3-9-24/h1-15,21-23,26-27H,16-20H2. The zero-order chi connectivity index (χ0) is 27.3. The molecule has 4 bridgehead atoms. The van der Waals surface area contributed by atoms with E-state index < -0.39 is 9.84 Å². The van der Waals surface area contributed by atoms with Gasteiger partial charge in [-0.25, -0.2) is 18.4 Å². The summed E-state index contributed by atoms with van der Waals surface area (Å²) in [6.45, 7) is 0. The first-order chi connectivity index (χ1) is 20.0. The molecule has 41 heavy (non-hydrogen) atoms. The molecular formula is C36H30N2O2S. The fraction of sp³-hybridized carbons (Fsp3) is 0.278. The third kappa shape index (κ3) is 3.18. The van der Waals surface area contributed by atoms with Crippen molar-refractivity contribution in [2.24, 2.45) is 23.7 Å². The molecule has 0 atom stereocenters. The van der Waals surface area contributed by atoms with E-state index in [0.29, 0.717) is 27.5 Å². The van der Waals surface area contributed by atoms with Crippen LogP contribution >= 0.6 is 0 Å². The van der Waals surface area contributed by atoms with Crippen molar-refractivity contribution in [3.8, 4) is 22.6 Å². The molecule has 1 spiro atoms. The fourth-order valence-electron chi connectivity index (χ4n) is 9.36. The number of hydrogen-bond donors (Lipinski definition) is 0. The van der Waals surface area contributed by atoms with Gasteiger partial charge in [0.1, 0.15) is 0 Å². The zero-order valence-electron chi connectivity index (χ0n) is 22.7. The van der Waals surface area contributed by atoms with Crippen LogP contribution in [-0.4, -0.2) is 18.4 Å². The highest BCUT2D eigenvalue weighted by Gasteiger charge is 2.62. The van der Waals surface area contributed by atoms with Gasteiger partial charge in [0.25, 0.3) is 0 Å². The summed E-state index contributed by atoms with van der Waals surface area (Å²) in [4.78, 5) is 11.0. The van der Waals surface area contributed by atoms with Crippen LogP contribution in [0, 0.1) is 23.7 Å². The maximum Gasteiger partial charge on any atom is 0.207 e. The summed E-state index contributed by atoms with van der Waals surface area (Å²) < 4.78 is 28.7. The van der Waals surface area contributed by atoms with Gasteiger partial charge in [0.15, 0.2) is 5.82 Å². The quantitative estimate of drug-likeness (QED) is 0.223. The van der Waals surface area contributed by atoms with E-state index in [-0.39, 0.29) is 5.41 Å². The van der Waals surface area contributed by atoms with Gasteiger partial charge in [-0.15, -0.1) is 0 Å². The lowest BCUT2D eigenvalue weighted by Gasteiger charge is -2.63. The molecule has 1 aliphatic heterocycles. The van der Waals surface area contributed by atoms with Gasteiger partial charge in [-0.05, 0) is 85.1 Å². The molecule has 4 fully saturated rings. The van der Waals surface area contributed by atoms with E-state index in [1.54, 1.807) is 0 Å². The minimum atomic E-state index is -3.70. The molecule has 0 amide bonds. The Morgan fingerprint density at radius 3 is 2.05 bits per heavy atom. The second-order valence-electron chi connectivity index (χ2n) is 12.7. The van der Waals surface area contributed by atoms with Crippen molar-refractivity contribution in [2.45, 2.75) is 47.3 Å². The summed E-state index contributed by atoms with van der Waals surface area (Å²) >= 11 is 0. The van der Waals surface area contributed by atoms with Crippen molar-refractivity contribution in [2.75, 3.05) is 0 Å². The van der Waals surface area contributed by atoms with Gasteiger partial charge in [-0.2, -0.15) is 0 Å². The van der Waals surface area contributed by atoms with Crippen molar-refractivity contribution in [1.29, 1.82) is 0 Å². The number of rotatable bonds is 2. The van der Waals surface area contributed by atoms with Gasteiger partial charge < -0.3 is 0 Å². The molecule has 0 N–H and O–H groups in total. The van der Waals surface area contributed by atoms with Crippen molar-refractivity contribution < 1.29 is 8.42 Å². The summed E-state index contributed by atoms with van der Waals surface area (Å²) in [7, 11) is -3.70. The lowest BCUT2D eigenvalue weighted by Crippen LogP contribution is -2.57. The monoisotopic (exact) mass is 554 g/mol. The van der Waals surface area contributed by atoms with E-state index >= 15 is 0 Å². The Balaban J connectivity index is 1.29. The molecule has 4 aromatic carbocycles. The number of para-hydroxylation sites is 1. The van der Waals surface area contributed by atoms with E-state index in [1.165, 1.54) is 32.1 Å². The Morgan fingerprint density at radius 2 is 1.27 bits per heavy atom. The van der Waals surface area contributed by atoms with Crippen LogP contribution < -0.4 is 0 Å². The molecule has 4 saturated carbocycles. The van der Waals surface area contributed by atoms with Crippen LogP contribution in [-0.2, 0) is 15.3 Å². The van der Waals surface area contributed by atoms with Crippen LogP contribution in [0.15, 0.2) is 107 Å². The van der Waals surface area contributed by atoms with Crippen molar-refractivity contribution in [3.05, 3.63) is 108 Å². The average molecular weight is 555 g/mol. The molecule has 2 heterocycles. The van der Waals surface area contributed by atoms with Gasteiger partial charge >= 0.3 is 0 Å². The average Bonchev–Trinajstić information content (AvgIpc) is 3.00. The lowest BCUT2D eigenvalue weighted by molar-refractivity contribution is -0.0446. The Bertz CT molecular complexity index is 1950. The van der Waals surface area contributed by atoms with Crippen LogP contribution in [0.2, 0.25) is 0 Å². The second-order valence-corrected chi connectivity index (χ2v) is 14.5. The highest BCUT2D eigenvalue weighted by Crippen LogP contribution is 2.68. The Kier molecular flexibility index (Phi) is 4.86. The van der Waals surface area contributed by atoms with Crippen molar-refractivity contribution in [3.63, 3.8) is 0 Å². The van der Waals surface area contributed by atoms with Gasteiger partial charge in [0.05, 0.1) is 21.0 Å². The minimum Gasteiger partial charge on any atom is -0.228 e. The van der Waals surface area contributed by atoms with Gasteiger partial charge in [0.2, 0.25) is 9.84 Å². The Morgan fingerprint density at radius 1 is 0.610 bits per heavy atom. The van der Waals surface area contributed by atoms with E-state index in [4.69, 9.17) is 9.97 Å². The molecule has 10 rings (SSSR count). The summed E-state index contributed by atoms with van der Waals surface area (Å²) in [5.41, 5.74) is 5.28. The molecule has 0 unspecified atom stereocenters. The third-order valence-electron chi connectivity index (χ3n) is 10.7. The predicted molar refractivity (Wildman–Crippen MR) is 160 cm³/mol. The molecule has 5 heteroatoms. The number of nitrogens with zero attached hydrogens (tertiary/aromatic N) is 2. The lowest BCUT2D eigenvalue weighted by atomic mass is 9.42. The molecule has 4 nitrogen and oxygen atoms in total. The third-order valence-corrected chi connectivity index (χ3v) is 12.5. The first-order valence-electron chi connectivity index (χ1n) is 14.8. The normalized spacial score (nSPS) is 28.5. The second kappa shape index (κ2) is 8.36. The Hall–Kier alpha value is -3.83. The summed E-state index contributed by atoms with van der Waals surface area (Å²) in [5.74, 6) is 3.11. The highest BCUT2D eigenvalue weighted by molar-refractivity contribution is 7.91. The largest absolute Gasteiger partial charge is 0.228 e.